The molecule has 3 N–H and O–H groups in total. The summed E-state index contributed by atoms with van der Waals surface area (Å²) >= 11 is 0. The van der Waals surface area contributed by atoms with Crippen LogP contribution in [0.3, 0.4) is 0 Å². The van der Waals surface area contributed by atoms with E-state index in [0.717, 1.165) is 38.0 Å². The van der Waals surface area contributed by atoms with Gasteiger partial charge >= 0.3 is 0 Å². The number of carbonyl (C=O) groups is 2. The number of amides is 2. The Morgan fingerprint density at radius 1 is 1.25 bits per heavy atom. The van der Waals surface area contributed by atoms with Gasteiger partial charge in [-0.25, -0.2) is 0 Å². The number of carbonyl (C=O) groups excluding carboxylic acids is 2. The van der Waals surface area contributed by atoms with Crippen molar-refractivity contribution in [1.29, 1.82) is 0 Å². The van der Waals surface area contributed by atoms with E-state index in [1.807, 2.05) is 24.3 Å². The van der Waals surface area contributed by atoms with E-state index in [1.165, 1.54) is 0 Å². The first-order chi connectivity index (χ1) is 11.6. The van der Waals surface area contributed by atoms with Crippen LogP contribution in [-0.4, -0.2) is 38.6 Å². The van der Waals surface area contributed by atoms with Crippen LogP contribution in [0.2, 0.25) is 0 Å². The number of benzene rings is 1. The van der Waals surface area contributed by atoms with E-state index in [9.17, 15) is 9.59 Å². The second-order valence-electron chi connectivity index (χ2n) is 6.65. The van der Waals surface area contributed by atoms with Crippen LogP contribution in [0.15, 0.2) is 24.3 Å². The third kappa shape index (κ3) is 3.87. The van der Waals surface area contributed by atoms with E-state index in [4.69, 9.17) is 4.74 Å². The molecule has 0 aromatic heterocycles. The average Bonchev–Trinajstić information content (AvgIpc) is 3.30. The molecule has 1 heterocycles. The monoisotopic (exact) mass is 331 g/mol. The molecule has 0 bridgehead atoms. The quantitative estimate of drug-likeness (QED) is 0.739. The number of piperidine rings is 1. The highest BCUT2D eigenvalue weighted by Gasteiger charge is 2.57. The first kappa shape index (κ1) is 16.8. The predicted molar refractivity (Wildman–Crippen MR) is 91.9 cm³/mol. The van der Waals surface area contributed by atoms with Crippen LogP contribution in [0.5, 0.6) is 5.75 Å². The second kappa shape index (κ2) is 7.21. The maximum atomic E-state index is 12.4. The maximum absolute atomic E-state index is 12.4. The Hall–Kier alpha value is -2.08. The summed E-state index contributed by atoms with van der Waals surface area (Å²) in [5.41, 5.74) is 1.03. The Kier molecular flexibility index (Phi) is 5.04. The molecular formula is C18H25N3O3. The summed E-state index contributed by atoms with van der Waals surface area (Å²) in [5, 5.41) is 8.91. The van der Waals surface area contributed by atoms with Crippen LogP contribution in [0.4, 0.5) is 5.69 Å². The molecule has 1 saturated heterocycles. The van der Waals surface area contributed by atoms with Gasteiger partial charge in [0.25, 0.3) is 0 Å². The molecular weight excluding hydrogens is 306 g/mol. The van der Waals surface area contributed by atoms with Crippen molar-refractivity contribution >= 4 is 17.5 Å². The molecule has 2 amide bonds. The van der Waals surface area contributed by atoms with Crippen molar-refractivity contribution in [2.45, 2.75) is 25.7 Å². The standard InChI is InChI=1S/C18H25N3O3/c1-19-16(22)6-11-24-14-4-2-13(3-5-14)21-17(23)15-12-18(15)7-9-20-10-8-18/h2-5,15,20H,6-12H2,1H3,(H,19,22)(H,21,23). The van der Waals surface area contributed by atoms with Gasteiger partial charge in [-0.3, -0.25) is 9.59 Å². The van der Waals surface area contributed by atoms with Gasteiger partial charge < -0.3 is 20.7 Å². The summed E-state index contributed by atoms with van der Waals surface area (Å²) in [6, 6.07) is 7.30. The minimum absolute atomic E-state index is 0.0461. The molecule has 3 rings (SSSR count). The molecule has 1 saturated carbocycles. The van der Waals surface area contributed by atoms with Crippen molar-refractivity contribution in [3.05, 3.63) is 24.3 Å². The number of nitrogens with one attached hydrogen (secondary N) is 3. The van der Waals surface area contributed by atoms with E-state index in [0.29, 0.717) is 18.8 Å². The van der Waals surface area contributed by atoms with Crippen LogP contribution in [0.1, 0.15) is 25.7 Å². The highest BCUT2D eigenvalue weighted by Crippen LogP contribution is 2.58. The number of ether oxygens (including phenoxy) is 1. The molecule has 0 radical (unpaired) electrons. The van der Waals surface area contributed by atoms with Crippen molar-refractivity contribution in [2.75, 3.05) is 32.1 Å². The fourth-order valence-corrected chi connectivity index (χ4v) is 3.45. The Morgan fingerprint density at radius 3 is 2.62 bits per heavy atom. The van der Waals surface area contributed by atoms with Gasteiger partial charge in [-0.15, -0.1) is 0 Å². The Bertz CT molecular complexity index is 594. The van der Waals surface area contributed by atoms with Crippen LogP contribution in [0, 0.1) is 11.3 Å². The molecule has 130 valence electrons. The average molecular weight is 331 g/mol. The summed E-state index contributed by atoms with van der Waals surface area (Å²) in [6.45, 7) is 2.38. The fourth-order valence-electron chi connectivity index (χ4n) is 3.45. The van der Waals surface area contributed by atoms with Crippen LogP contribution >= 0.6 is 0 Å². The summed E-state index contributed by atoms with van der Waals surface area (Å²) in [6.07, 6.45) is 3.54. The van der Waals surface area contributed by atoms with Gasteiger partial charge in [-0.1, -0.05) is 0 Å². The molecule has 1 aliphatic carbocycles. The lowest BCUT2D eigenvalue weighted by Crippen LogP contribution is -2.31. The summed E-state index contributed by atoms with van der Waals surface area (Å²) in [5.74, 6) is 0.932. The summed E-state index contributed by atoms with van der Waals surface area (Å²) in [4.78, 5) is 23.5. The minimum atomic E-state index is -0.0461. The van der Waals surface area contributed by atoms with Crippen molar-refractivity contribution in [1.82, 2.24) is 10.6 Å². The normalized spacial score (nSPS) is 21.1. The largest absolute Gasteiger partial charge is 0.493 e. The third-order valence-electron chi connectivity index (χ3n) is 5.10. The van der Waals surface area contributed by atoms with Gasteiger partial charge in [0, 0.05) is 18.7 Å². The van der Waals surface area contributed by atoms with Crippen molar-refractivity contribution in [3.63, 3.8) is 0 Å². The van der Waals surface area contributed by atoms with Gasteiger partial charge in [0.15, 0.2) is 0 Å². The molecule has 1 unspecified atom stereocenters. The number of anilines is 1. The zero-order valence-corrected chi connectivity index (χ0v) is 14.1. The lowest BCUT2D eigenvalue weighted by molar-refractivity contribution is -0.121. The molecule has 2 fully saturated rings. The van der Waals surface area contributed by atoms with Crippen LogP contribution in [-0.2, 0) is 9.59 Å². The van der Waals surface area contributed by atoms with E-state index in [-0.39, 0.29) is 23.1 Å². The second-order valence-corrected chi connectivity index (χ2v) is 6.65. The van der Waals surface area contributed by atoms with Crippen molar-refractivity contribution in [2.24, 2.45) is 11.3 Å². The van der Waals surface area contributed by atoms with Gasteiger partial charge in [0.1, 0.15) is 5.75 Å². The topological polar surface area (TPSA) is 79.5 Å². The van der Waals surface area contributed by atoms with E-state index in [1.54, 1.807) is 7.05 Å². The number of hydrogen-bond donors (Lipinski definition) is 3. The minimum Gasteiger partial charge on any atom is -0.493 e. The SMILES string of the molecule is CNC(=O)CCOc1ccc(NC(=O)C2CC23CCNCC3)cc1. The lowest BCUT2D eigenvalue weighted by Gasteiger charge is -2.23. The Balaban J connectivity index is 1.46. The molecule has 1 aromatic carbocycles. The highest BCUT2D eigenvalue weighted by molar-refractivity contribution is 5.95. The Morgan fingerprint density at radius 2 is 1.96 bits per heavy atom. The summed E-state index contributed by atoms with van der Waals surface area (Å²) < 4.78 is 5.51. The molecule has 1 aromatic rings. The van der Waals surface area contributed by atoms with E-state index < -0.39 is 0 Å². The highest BCUT2D eigenvalue weighted by atomic mass is 16.5. The Labute approximate surface area is 142 Å². The third-order valence-corrected chi connectivity index (χ3v) is 5.10. The molecule has 1 aliphatic heterocycles. The molecule has 2 aliphatic rings. The van der Waals surface area contributed by atoms with Crippen molar-refractivity contribution in [3.8, 4) is 5.75 Å². The van der Waals surface area contributed by atoms with Gasteiger partial charge in [-0.2, -0.15) is 0 Å². The van der Waals surface area contributed by atoms with Crippen LogP contribution < -0.4 is 20.7 Å². The first-order valence-corrected chi connectivity index (χ1v) is 8.58. The zero-order valence-electron chi connectivity index (χ0n) is 14.1. The van der Waals surface area contributed by atoms with E-state index >= 15 is 0 Å². The van der Waals surface area contributed by atoms with E-state index in [2.05, 4.69) is 16.0 Å². The predicted octanol–water partition coefficient (Wildman–Crippen LogP) is 1.53. The zero-order chi connectivity index (χ0) is 17.0. The molecule has 1 spiro atoms. The lowest BCUT2D eigenvalue weighted by atomic mass is 9.92. The van der Waals surface area contributed by atoms with Gasteiger partial charge in [0.05, 0.1) is 13.0 Å². The van der Waals surface area contributed by atoms with Crippen molar-refractivity contribution < 1.29 is 14.3 Å². The smallest absolute Gasteiger partial charge is 0.228 e. The first-order valence-electron chi connectivity index (χ1n) is 8.58. The maximum Gasteiger partial charge on any atom is 0.228 e. The van der Waals surface area contributed by atoms with Crippen LogP contribution in [0.25, 0.3) is 0 Å². The summed E-state index contributed by atoms with van der Waals surface area (Å²) in [7, 11) is 1.60. The fraction of sp³-hybridized carbons (Fsp3) is 0.556. The van der Waals surface area contributed by atoms with Gasteiger partial charge in [-0.05, 0) is 62.0 Å². The molecule has 6 nitrogen and oxygen atoms in total. The molecule has 6 heteroatoms. The molecule has 1 atom stereocenters. The molecule has 24 heavy (non-hydrogen) atoms. The van der Waals surface area contributed by atoms with Gasteiger partial charge in [0.2, 0.25) is 11.8 Å². The number of hydrogen-bond acceptors (Lipinski definition) is 4. The number of rotatable bonds is 6.